The van der Waals surface area contributed by atoms with E-state index in [1.165, 1.54) is 10.6 Å². The molecule has 0 atom stereocenters. The Hall–Kier alpha value is -2.38. The fraction of sp³-hybridized carbons (Fsp3) is 0.381. The molecule has 0 bridgehead atoms. The summed E-state index contributed by atoms with van der Waals surface area (Å²) < 4.78 is 26.3. The maximum absolute atomic E-state index is 12.4. The quantitative estimate of drug-likeness (QED) is 0.770. The lowest BCUT2D eigenvalue weighted by Crippen LogP contribution is -2.37. The van der Waals surface area contributed by atoms with Gasteiger partial charge in [0.2, 0.25) is 10.0 Å². The number of carboxylic acids is 1. The first kappa shape index (κ1) is 20.4. The molecule has 0 aromatic heterocycles. The maximum Gasteiger partial charge on any atom is 0.306 e. The van der Waals surface area contributed by atoms with E-state index in [-0.39, 0.29) is 12.5 Å². The molecule has 1 heterocycles. The van der Waals surface area contributed by atoms with Crippen molar-refractivity contribution in [3.8, 4) is 0 Å². The van der Waals surface area contributed by atoms with E-state index in [2.05, 4.69) is 4.90 Å². The predicted molar refractivity (Wildman–Crippen MR) is 110 cm³/mol. The fourth-order valence-corrected chi connectivity index (χ4v) is 4.35. The van der Waals surface area contributed by atoms with E-state index >= 15 is 0 Å². The van der Waals surface area contributed by atoms with E-state index in [0.717, 1.165) is 16.8 Å². The number of rotatable bonds is 7. The van der Waals surface area contributed by atoms with Crippen LogP contribution in [0.2, 0.25) is 0 Å². The Kier molecular flexibility index (Phi) is 6.36. The van der Waals surface area contributed by atoms with Gasteiger partial charge in [-0.15, -0.1) is 0 Å². The molecule has 7 heteroatoms. The number of para-hydroxylation sites is 1. The number of carboxylic acid groups (broad SMARTS) is 1. The highest BCUT2D eigenvalue weighted by Gasteiger charge is 2.26. The van der Waals surface area contributed by atoms with Gasteiger partial charge in [0.05, 0.1) is 12.2 Å². The molecule has 0 spiro atoms. The van der Waals surface area contributed by atoms with Crippen molar-refractivity contribution in [1.29, 1.82) is 0 Å². The second kappa shape index (κ2) is 8.75. The molecule has 0 saturated carbocycles. The van der Waals surface area contributed by atoms with Gasteiger partial charge in [-0.05, 0) is 30.0 Å². The van der Waals surface area contributed by atoms with E-state index in [4.69, 9.17) is 0 Å². The second-order valence-corrected chi connectivity index (χ2v) is 9.23. The van der Waals surface area contributed by atoms with Gasteiger partial charge in [-0.3, -0.25) is 4.79 Å². The normalized spacial score (nSPS) is 15.7. The summed E-state index contributed by atoms with van der Waals surface area (Å²) in [5.74, 6) is -1.03. The van der Waals surface area contributed by atoms with Crippen LogP contribution in [0.25, 0.3) is 0 Å². The molecule has 0 radical (unpaired) electrons. The number of hydrogen-bond donors (Lipinski definition) is 1. The van der Waals surface area contributed by atoms with Crippen LogP contribution >= 0.6 is 0 Å². The average molecular weight is 403 g/mol. The first-order valence-corrected chi connectivity index (χ1v) is 11.2. The van der Waals surface area contributed by atoms with E-state index in [1.807, 2.05) is 54.6 Å². The molecule has 0 unspecified atom stereocenters. The maximum atomic E-state index is 12.4. The van der Waals surface area contributed by atoms with E-state index in [1.54, 1.807) is 0 Å². The molecule has 1 saturated heterocycles. The summed E-state index contributed by atoms with van der Waals surface area (Å²) in [5, 5.41) is 9.21. The largest absolute Gasteiger partial charge is 0.481 e. The monoisotopic (exact) mass is 402 g/mol. The van der Waals surface area contributed by atoms with Crippen molar-refractivity contribution in [2.45, 2.75) is 25.9 Å². The molecule has 2 aromatic carbocycles. The molecule has 3 rings (SSSR count). The Balaban J connectivity index is 1.80. The molecule has 0 aliphatic carbocycles. The van der Waals surface area contributed by atoms with Crippen molar-refractivity contribution in [1.82, 2.24) is 4.31 Å². The Morgan fingerprint density at radius 1 is 1.04 bits per heavy atom. The van der Waals surface area contributed by atoms with E-state index in [9.17, 15) is 18.3 Å². The van der Waals surface area contributed by atoms with Crippen LogP contribution in [0.15, 0.2) is 54.6 Å². The zero-order valence-corrected chi connectivity index (χ0v) is 16.8. The van der Waals surface area contributed by atoms with Crippen molar-refractivity contribution in [3.05, 3.63) is 65.7 Å². The third-order valence-electron chi connectivity index (χ3n) is 5.19. The minimum atomic E-state index is -3.39. The molecular weight excluding hydrogens is 376 g/mol. The number of piperidine rings is 1. The van der Waals surface area contributed by atoms with Crippen LogP contribution in [0.1, 0.15) is 24.0 Å². The third kappa shape index (κ3) is 5.11. The van der Waals surface area contributed by atoms with Gasteiger partial charge in [0.25, 0.3) is 0 Å². The summed E-state index contributed by atoms with van der Waals surface area (Å²) in [6.07, 6.45) is 2.43. The van der Waals surface area contributed by atoms with Gasteiger partial charge >= 0.3 is 5.97 Å². The summed E-state index contributed by atoms with van der Waals surface area (Å²) in [6.45, 7) is 1.91. The van der Waals surface area contributed by atoms with Crippen LogP contribution in [0.5, 0.6) is 0 Å². The topological polar surface area (TPSA) is 77.9 Å². The van der Waals surface area contributed by atoms with E-state index in [0.29, 0.717) is 32.5 Å². The SMILES string of the molecule is CS(=O)(=O)N(Cc1ccccc1)Cc1ccccc1N1CCC(C(=O)O)CC1. The Morgan fingerprint density at radius 3 is 2.25 bits per heavy atom. The van der Waals surface area contributed by atoms with Crippen LogP contribution in [-0.2, 0) is 27.9 Å². The van der Waals surface area contributed by atoms with Crippen molar-refractivity contribution in [2.24, 2.45) is 5.92 Å². The number of carbonyl (C=O) groups is 1. The van der Waals surface area contributed by atoms with Gasteiger partial charge in [0.15, 0.2) is 0 Å². The lowest BCUT2D eigenvalue weighted by atomic mass is 9.96. The molecule has 1 aliphatic heterocycles. The number of aliphatic carboxylic acids is 1. The number of sulfonamides is 1. The molecular formula is C21H26N2O4S. The van der Waals surface area contributed by atoms with Crippen molar-refractivity contribution < 1.29 is 18.3 Å². The first-order valence-electron chi connectivity index (χ1n) is 9.39. The summed E-state index contributed by atoms with van der Waals surface area (Å²) in [7, 11) is -3.39. The van der Waals surface area contributed by atoms with Gasteiger partial charge in [0.1, 0.15) is 0 Å². The molecule has 1 aliphatic rings. The lowest BCUT2D eigenvalue weighted by Gasteiger charge is -2.34. The average Bonchev–Trinajstić information content (AvgIpc) is 2.68. The summed E-state index contributed by atoms with van der Waals surface area (Å²) in [6, 6.07) is 17.3. The fourth-order valence-electron chi connectivity index (χ4n) is 3.59. The van der Waals surface area contributed by atoms with Crippen LogP contribution in [-0.4, -0.2) is 43.1 Å². The zero-order valence-electron chi connectivity index (χ0n) is 16.0. The first-order chi connectivity index (χ1) is 13.3. The minimum absolute atomic E-state index is 0.281. The molecule has 28 heavy (non-hydrogen) atoms. The van der Waals surface area contributed by atoms with Crippen molar-refractivity contribution in [2.75, 3.05) is 24.2 Å². The van der Waals surface area contributed by atoms with Gasteiger partial charge in [-0.25, -0.2) is 8.42 Å². The van der Waals surface area contributed by atoms with Gasteiger partial charge in [0, 0.05) is 31.9 Å². The number of nitrogens with zero attached hydrogens (tertiary/aromatic N) is 2. The van der Waals surface area contributed by atoms with Crippen LogP contribution in [0, 0.1) is 5.92 Å². The minimum Gasteiger partial charge on any atom is -0.481 e. The molecule has 1 fully saturated rings. The highest BCUT2D eigenvalue weighted by Crippen LogP contribution is 2.28. The number of anilines is 1. The molecule has 0 amide bonds. The third-order valence-corrected chi connectivity index (χ3v) is 6.39. The zero-order chi connectivity index (χ0) is 20.1. The van der Waals surface area contributed by atoms with Crippen LogP contribution in [0.3, 0.4) is 0 Å². The molecule has 1 N–H and O–H groups in total. The van der Waals surface area contributed by atoms with Crippen molar-refractivity contribution in [3.63, 3.8) is 0 Å². The molecule has 150 valence electrons. The van der Waals surface area contributed by atoms with Crippen molar-refractivity contribution >= 4 is 21.7 Å². The lowest BCUT2D eigenvalue weighted by molar-refractivity contribution is -0.142. The summed E-state index contributed by atoms with van der Waals surface area (Å²) >= 11 is 0. The highest BCUT2D eigenvalue weighted by atomic mass is 32.2. The van der Waals surface area contributed by atoms with Gasteiger partial charge in [-0.1, -0.05) is 48.5 Å². The Morgan fingerprint density at radius 2 is 1.64 bits per heavy atom. The summed E-state index contributed by atoms with van der Waals surface area (Å²) in [4.78, 5) is 13.4. The molecule has 6 nitrogen and oxygen atoms in total. The molecule has 2 aromatic rings. The van der Waals surface area contributed by atoms with Gasteiger partial charge < -0.3 is 10.0 Å². The summed E-state index contributed by atoms with van der Waals surface area (Å²) in [5.41, 5.74) is 2.85. The Labute approximate surface area is 166 Å². The highest BCUT2D eigenvalue weighted by molar-refractivity contribution is 7.88. The van der Waals surface area contributed by atoms with Gasteiger partial charge in [-0.2, -0.15) is 4.31 Å². The van der Waals surface area contributed by atoms with E-state index < -0.39 is 16.0 Å². The Bertz CT molecular complexity index is 907. The van der Waals surface area contributed by atoms with Crippen LogP contribution in [0.4, 0.5) is 5.69 Å². The predicted octanol–water partition coefficient (Wildman–Crippen LogP) is 2.95. The second-order valence-electron chi connectivity index (χ2n) is 7.24. The van der Waals surface area contributed by atoms with Crippen LogP contribution < -0.4 is 4.90 Å². The number of benzene rings is 2. The standard InChI is InChI=1S/C21H26N2O4S/c1-28(26,27)23(15-17-7-3-2-4-8-17)16-19-9-5-6-10-20(19)22-13-11-18(12-14-22)21(24)25/h2-10,18H,11-16H2,1H3,(H,24,25). The smallest absolute Gasteiger partial charge is 0.306 e. The number of hydrogen-bond acceptors (Lipinski definition) is 4.